The smallest absolute Gasteiger partial charge is 0.221 e. The van der Waals surface area contributed by atoms with E-state index in [4.69, 9.17) is 4.74 Å². The van der Waals surface area contributed by atoms with Crippen LogP contribution in [0.5, 0.6) is 0 Å². The second kappa shape index (κ2) is 8.42. The fourth-order valence-electron chi connectivity index (χ4n) is 4.20. The maximum atomic E-state index is 14.9. The summed E-state index contributed by atoms with van der Waals surface area (Å²) < 4.78 is 48.4. The zero-order chi connectivity index (χ0) is 20.4. The van der Waals surface area contributed by atoms with E-state index in [1.807, 2.05) is 43.3 Å². The molecule has 29 heavy (non-hydrogen) atoms. The Morgan fingerprint density at radius 2 is 1.79 bits per heavy atom. The summed E-state index contributed by atoms with van der Waals surface area (Å²) in [6, 6.07) is 14.3. The van der Waals surface area contributed by atoms with Crippen LogP contribution in [-0.2, 0) is 21.3 Å². The van der Waals surface area contributed by atoms with Gasteiger partial charge in [-0.25, -0.2) is 12.8 Å². The van der Waals surface area contributed by atoms with Crippen LogP contribution in [-0.4, -0.2) is 45.1 Å². The van der Waals surface area contributed by atoms with Crippen LogP contribution in [0.25, 0.3) is 0 Å². The standard InChI is InChI=1S/C22H27FN2O3S/c1-17-7-10-22(18-5-3-2-4-6-18)29(26,27)25(17)16-19-8-9-20(15-21(19)23)24-11-13-28-14-12-24/h2-6,8-9,15,17,22H,7,10-14,16H2,1H3/t17-,22+/m0/s1. The molecule has 2 saturated heterocycles. The topological polar surface area (TPSA) is 49.9 Å². The van der Waals surface area contributed by atoms with Gasteiger partial charge in [0.2, 0.25) is 10.0 Å². The highest BCUT2D eigenvalue weighted by atomic mass is 32.2. The van der Waals surface area contributed by atoms with E-state index in [0.29, 0.717) is 25.2 Å². The van der Waals surface area contributed by atoms with E-state index in [2.05, 4.69) is 4.90 Å². The van der Waals surface area contributed by atoms with Crippen LogP contribution in [0.15, 0.2) is 48.5 Å². The molecular weight excluding hydrogens is 391 g/mol. The molecule has 0 N–H and O–H groups in total. The normalized spacial score (nSPS) is 25.1. The first-order valence-corrected chi connectivity index (χ1v) is 11.6. The number of sulfonamides is 1. The summed E-state index contributed by atoms with van der Waals surface area (Å²) in [5, 5.41) is -0.574. The lowest BCUT2D eigenvalue weighted by Crippen LogP contribution is -2.44. The Balaban J connectivity index is 1.57. The summed E-state index contributed by atoms with van der Waals surface area (Å²) in [4.78, 5) is 2.09. The Labute approximate surface area is 172 Å². The van der Waals surface area contributed by atoms with Gasteiger partial charge in [-0.15, -0.1) is 0 Å². The van der Waals surface area contributed by atoms with Crippen LogP contribution in [0, 0.1) is 5.82 Å². The van der Waals surface area contributed by atoms with Gasteiger partial charge in [0.1, 0.15) is 11.1 Å². The van der Waals surface area contributed by atoms with Crippen molar-refractivity contribution in [3.63, 3.8) is 0 Å². The molecule has 4 rings (SSSR count). The zero-order valence-electron chi connectivity index (χ0n) is 16.6. The molecule has 0 aromatic heterocycles. The Morgan fingerprint density at radius 3 is 2.48 bits per heavy atom. The van der Waals surface area contributed by atoms with Crippen LogP contribution in [0.1, 0.15) is 36.1 Å². The third-order valence-corrected chi connectivity index (χ3v) is 8.30. The summed E-state index contributed by atoms with van der Waals surface area (Å²) in [7, 11) is -3.57. The molecule has 5 nitrogen and oxygen atoms in total. The fourth-order valence-corrected chi connectivity index (χ4v) is 6.39. The second-order valence-corrected chi connectivity index (χ2v) is 9.86. The second-order valence-electron chi connectivity index (χ2n) is 7.79. The summed E-state index contributed by atoms with van der Waals surface area (Å²) in [5.41, 5.74) is 2.02. The van der Waals surface area contributed by atoms with Crippen molar-refractivity contribution in [2.24, 2.45) is 0 Å². The molecule has 2 atom stereocenters. The average molecular weight is 419 g/mol. The molecular formula is C22H27FN2O3S. The Kier molecular flexibility index (Phi) is 5.90. The monoisotopic (exact) mass is 418 g/mol. The lowest BCUT2D eigenvalue weighted by Gasteiger charge is -2.37. The van der Waals surface area contributed by atoms with Gasteiger partial charge in [-0.1, -0.05) is 36.4 Å². The Hall–Kier alpha value is -1.96. The molecule has 0 amide bonds. The zero-order valence-corrected chi connectivity index (χ0v) is 17.4. The highest BCUT2D eigenvalue weighted by Crippen LogP contribution is 2.38. The maximum Gasteiger partial charge on any atom is 0.221 e. The van der Waals surface area contributed by atoms with Gasteiger partial charge >= 0.3 is 0 Å². The molecule has 0 saturated carbocycles. The van der Waals surface area contributed by atoms with Crippen molar-refractivity contribution in [1.82, 2.24) is 4.31 Å². The number of benzene rings is 2. The van der Waals surface area contributed by atoms with Crippen molar-refractivity contribution in [2.75, 3.05) is 31.2 Å². The van der Waals surface area contributed by atoms with Gasteiger partial charge in [0, 0.05) is 36.9 Å². The number of rotatable bonds is 4. The summed E-state index contributed by atoms with van der Waals surface area (Å²) >= 11 is 0. The SMILES string of the molecule is C[C@H]1CC[C@H](c2ccccc2)S(=O)(=O)N1Cc1ccc(N2CCOCC2)cc1F. The quantitative estimate of drug-likeness (QED) is 0.759. The van der Waals surface area contributed by atoms with Crippen LogP contribution in [0.2, 0.25) is 0 Å². The van der Waals surface area contributed by atoms with E-state index in [1.54, 1.807) is 6.07 Å². The highest BCUT2D eigenvalue weighted by Gasteiger charge is 2.40. The average Bonchev–Trinajstić information content (AvgIpc) is 2.73. The predicted octanol–water partition coefficient (Wildman–Crippen LogP) is 3.72. The van der Waals surface area contributed by atoms with Crippen molar-refractivity contribution < 1.29 is 17.5 Å². The molecule has 0 aliphatic carbocycles. The lowest BCUT2D eigenvalue weighted by molar-refractivity contribution is 0.122. The minimum atomic E-state index is -3.57. The predicted molar refractivity (Wildman–Crippen MR) is 112 cm³/mol. The van der Waals surface area contributed by atoms with E-state index in [-0.39, 0.29) is 18.4 Å². The number of ether oxygens (including phenoxy) is 1. The first kappa shape index (κ1) is 20.3. The molecule has 0 spiro atoms. The first-order valence-electron chi connectivity index (χ1n) is 10.1. The highest BCUT2D eigenvalue weighted by molar-refractivity contribution is 7.89. The molecule has 0 radical (unpaired) electrons. The number of hydrogen-bond donors (Lipinski definition) is 0. The van der Waals surface area contributed by atoms with Crippen molar-refractivity contribution in [1.29, 1.82) is 0 Å². The molecule has 0 bridgehead atoms. The van der Waals surface area contributed by atoms with E-state index in [1.165, 1.54) is 10.4 Å². The van der Waals surface area contributed by atoms with Crippen LogP contribution < -0.4 is 4.90 Å². The lowest BCUT2D eigenvalue weighted by atomic mass is 10.0. The van der Waals surface area contributed by atoms with Gasteiger partial charge in [-0.3, -0.25) is 0 Å². The van der Waals surface area contributed by atoms with Crippen LogP contribution >= 0.6 is 0 Å². The molecule has 2 aromatic rings. The van der Waals surface area contributed by atoms with Crippen molar-refractivity contribution in [3.05, 3.63) is 65.5 Å². The first-order chi connectivity index (χ1) is 14.0. The van der Waals surface area contributed by atoms with E-state index < -0.39 is 15.3 Å². The Bertz CT molecular complexity index is 946. The van der Waals surface area contributed by atoms with Gasteiger partial charge in [0.05, 0.1) is 13.2 Å². The summed E-state index contributed by atoms with van der Waals surface area (Å²) in [6.45, 7) is 4.69. The molecule has 2 aromatic carbocycles. The summed E-state index contributed by atoms with van der Waals surface area (Å²) in [6.07, 6.45) is 1.34. The van der Waals surface area contributed by atoms with Crippen molar-refractivity contribution in [3.8, 4) is 0 Å². The number of morpholine rings is 1. The summed E-state index contributed by atoms with van der Waals surface area (Å²) in [5.74, 6) is -0.363. The molecule has 2 aliphatic heterocycles. The van der Waals surface area contributed by atoms with Crippen LogP contribution in [0.3, 0.4) is 0 Å². The minimum Gasteiger partial charge on any atom is -0.378 e. The van der Waals surface area contributed by atoms with Gasteiger partial charge in [0.15, 0.2) is 0 Å². The van der Waals surface area contributed by atoms with Crippen molar-refractivity contribution >= 4 is 15.7 Å². The fraction of sp³-hybridized carbons (Fsp3) is 0.455. The van der Waals surface area contributed by atoms with Gasteiger partial charge < -0.3 is 9.64 Å². The van der Waals surface area contributed by atoms with E-state index in [0.717, 1.165) is 30.8 Å². The third kappa shape index (κ3) is 4.17. The molecule has 0 unspecified atom stereocenters. The van der Waals surface area contributed by atoms with Gasteiger partial charge in [-0.2, -0.15) is 4.31 Å². The van der Waals surface area contributed by atoms with E-state index >= 15 is 0 Å². The number of halogens is 1. The molecule has 7 heteroatoms. The number of nitrogens with zero attached hydrogens (tertiary/aromatic N) is 2. The van der Waals surface area contributed by atoms with Crippen molar-refractivity contribution in [2.45, 2.75) is 37.6 Å². The third-order valence-electron chi connectivity index (χ3n) is 5.94. The minimum absolute atomic E-state index is 0.0576. The molecule has 2 aliphatic rings. The Morgan fingerprint density at radius 1 is 1.07 bits per heavy atom. The maximum absolute atomic E-state index is 14.9. The molecule has 156 valence electrons. The molecule has 2 fully saturated rings. The van der Waals surface area contributed by atoms with Gasteiger partial charge in [0.25, 0.3) is 0 Å². The molecule has 2 heterocycles. The van der Waals surface area contributed by atoms with Gasteiger partial charge in [-0.05, 0) is 37.5 Å². The van der Waals surface area contributed by atoms with Crippen LogP contribution in [0.4, 0.5) is 10.1 Å². The largest absolute Gasteiger partial charge is 0.378 e. The van der Waals surface area contributed by atoms with E-state index in [9.17, 15) is 12.8 Å². The number of anilines is 1. The number of hydrogen-bond acceptors (Lipinski definition) is 4.